The van der Waals surface area contributed by atoms with E-state index in [9.17, 15) is 14.4 Å². The van der Waals surface area contributed by atoms with Crippen molar-refractivity contribution in [3.63, 3.8) is 0 Å². The average Bonchev–Trinajstić information content (AvgIpc) is 3.28. The van der Waals surface area contributed by atoms with Crippen molar-refractivity contribution in [1.82, 2.24) is 4.98 Å². The number of hydrogen-bond donors (Lipinski definition) is 3. The van der Waals surface area contributed by atoms with Crippen molar-refractivity contribution >= 4 is 45.6 Å². The number of carbonyl (C=O) groups excluding carboxylic acids is 3. The van der Waals surface area contributed by atoms with Crippen LogP contribution in [-0.4, -0.2) is 22.7 Å². The lowest BCUT2D eigenvalue weighted by Gasteiger charge is -2.20. The van der Waals surface area contributed by atoms with Crippen molar-refractivity contribution in [3.8, 4) is 11.3 Å². The molecule has 1 fully saturated rings. The first-order chi connectivity index (χ1) is 16.0. The number of benzene rings is 2. The summed E-state index contributed by atoms with van der Waals surface area (Å²) in [6.45, 7) is 1.46. The van der Waals surface area contributed by atoms with E-state index >= 15 is 0 Å². The molecule has 3 N–H and O–H groups in total. The van der Waals surface area contributed by atoms with E-state index in [1.165, 1.54) is 24.7 Å². The molecule has 0 bridgehead atoms. The maximum atomic E-state index is 12.7. The fraction of sp³-hybridized carbons (Fsp3) is 0.280. The summed E-state index contributed by atoms with van der Waals surface area (Å²) in [5, 5.41) is 10.9. The lowest BCUT2D eigenvalue weighted by molar-refractivity contribution is -0.120. The molecule has 8 heteroatoms. The number of anilines is 3. The number of nitrogens with one attached hydrogen (secondary N) is 3. The Morgan fingerprint density at radius 2 is 1.67 bits per heavy atom. The summed E-state index contributed by atoms with van der Waals surface area (Å²) in [6.07, 6.45) is 5.23. The highest BCUT2D eigenvalue weighted by atomic mass is 32.1. The van der Waals surface area contributed by atoms with E-state index in [1.807, 2.05) is 17.5 Å². The van der Waals surface area contributed by atoms with E-state index in [-0.39, 0.29) is 23.6 Å². The molecule has 0 unspecified atom stereocenters. The van der Waals surface area contributed by atoms with Gasteiger partial charge in [0.15, 0.2) is 5.13 Å². The predicted octanol–water partition coefficient (Wildman–Crippen LogP) is 5.54. The minimum atomic E-state index is -0.286. The molecular weight excluding hydrogens is 436 g/mol. The van der Waals surface area contributed by atoms with Crippen LogP contribution in [0.5, 0.6) is 0 Å². The molecule has 1 aromatic heterocycles. The quantitative estimate of drug-likeness (QED) is 0.448. The SMILES string of the molecule is CC(=O)Nc1ccc(-c2csc(NC(=O)c3cccc(NC(=O)C4CCCCC4)c3)n2)cc1. The lowest BCUT2D eigenvalue weighted by Crippen LogP contribution is -2.24. The van der Waals surface area contributed by atoms with Gasteiger partial charge in [0.1, 0.15) is 0 Å². The van der Waals surface area contributed by atoms with Crippen LogP contribution in [0.4, 0.5) is 16.5 Å². The lowest BCUT2D eigenvalue weighted by atomic mass is 9.88. The van der Waals surface area contributed by atoms with Gasteiger partial charge in [-0.1, -0.05) is 37.5 Å². The second kappa shape index (κ2) is 10.4. The van der Waals surface area contributed by atoms with Crippen molar-refractivity contribution in [3.05, 3.63) is 59.5 Å². The average molecular weight is 463 g/mol. The third kappa shape index (κ3) is 6.04. The van der Waals surface area contributed by atoms with E-state index in [2.05, 4.69) is 20.9 Å². The Morgan fingerprint density at radius 1 is 0.909 bits per heavy atom. The zero-order valence-electron chi connectivity index (χ0n) is 18.4. The van der Waals surface area contributed by atoms with Crippen molar-refractivity contribution in [1.29, 1.82) is 0 Å². The number of rotatable bonds is 6. The molecule has 3 amide bonds. The summed E-state index contributed by atoms with van der Waals surface area (Å²) in [5.41, 5.74) is 3.40. The highest BCUT2D eigenvalue weighted by Crippen LogP contribution is 2.27. The number of carbonyl (C=O) groups is 3. The maximum Gasteiger partial charge on any atom is 0.257 e. The van der Waals surface area contributed by atoms with Crippen LogP contribution in [-0.2, 0) is 9.59 Å². The van der Waals surface area contributed by atoms with Crippen LogP contribution < -0.4 is 16.0 Å². The second-order valence-electron chi connectivity index (χ2n) is 8.16. The molecule has 1 aliphatic carbocycles. The molecule has 0 spiro atoms. The molecule has 1 heterocycles. The number of nitrogens with zero attached hydrogens (tertiary/aromatic N) is 1. The van der Waals surface area contributed by atoms with Gasteiger partial charge in [0.2, 0.25) is 11.8 Å². The Hall–Kier alpha value is -3.52. The molecule has 33 heavy (non-hydrogen) atoms. The van der Waals surface area contributed by atoms with Crippen LogP contribution in [0.2, 0.25) is 0 Å². The Balaban J connectivity index is 1.38. The van der Waals surface area contributed by atoms with E-state index in [0.717, 1.165) is 36.9 Å². The number of hydrogen-bond acceptors (Lipinski definition) is 5. The molecule has 2 aromatic carbocycles. The van der Waals surface area contributed by atoms with Crippen LogP contribution >= 0.6 is 11.3 Å². The number of amides is 3. The number of aromatic nitrogens is 1. The molecule has 0 radical (unpaired) electrons. The Morgan fingerprint density at radius 3 is 2.39 bits per heavy atom. The summed E-state index contributed by atoms with van der Waals surface area (Å²) >= 11 is 1.33. The Labute approximate surface area is 196 Å². The summed E-state index contributed by atoms with van der Waals surface area (Å²) in [4.78, 5) is 40.9. The Kier molecular flexibility index (Phi) is 7.14. The van der Waals surface area contributed by atoms with Crippen LogP contribution in [0.25, 0.3) is 11.3 Å². The first-order valence-electron chi connectivity index (χ1n) is 11.0. The van der Waals surface area contributed by atoms with Crippen molar-refractivity contribution in [2.24, 2.45) is 5.92 Å². The topological polar surface area (TPSA) is 100 Å². The molecule has 0 aliphatic heterocycles. The van der Waals surface area contributed by atoms with Crippen molar-refractivity contribution < 1.29 is 14.4 Å². The fourth-order valence-electron chi connectivity index (χ4n) is 3.91. The van der Waals surface area contributed by atoms with E-state index in [1.54, 1.807) is 36.4 Å². The van der Waals surface area contributed by atoms with E-state index in [0.29, 0.717) is 22.1 Å². The van der Waals surface area contributed by atoms with Gasteiger partial charge < -0.3 is 10.6 Å². The van der Waals surface area contributed by atoms with Crippen LogP contribution in [0.1, 0.15) is 49.4 Å². The molecule has 4 rings (SSSR count). The van der Waals surface area contributed by atoms with Gasteiger partial charge in [-0.25, -0.2) is 4.98 Å². The number of thiazole rings is 1. The summed E-state index contributed by atoms with van der Waals surface area (Å²) in [5.74, 6) is -0.330. The summed E-state index contributed by atoms with van der Waals surface area (Å²) < 4.78 is 0. The minimum Gasteiger partial charge on any atom is -0.326 e. The summed E-state index contributed by atoms with van der Waals surface area (Å²) in [7, 11) is 0. The van der Waals surface area contributed by atoms with Gasteiger partial charge in [0.25, 0.3) is 5.91 Å². The highest BCUT2D eigenvalue weighted by molar-refractivity contribution is 7.14. The van der Waals surface area contributed by atoms with Gasteiger partial charge in [-0.05, 0) is 43.2 Å². The zero-order chi connectivity index (χ0) is 23.2. The first kappa shape index (κ1) is 22.7. The molecule has 1 saturated carbocycles. The molecule has 0 atom stereocenters. The van der Waals surface area contributed by atoms with Gasteiger partial charge in [0, 0.05) is 40.7 Å². The van der Waals surface area contributed by atoms with Gasteiger partial charge >= 0.3 is 0 Å². The first-order valence-corrected chi connectivity index (χ1v) is 11.9. The smallest absolute Gasteiger partial charge is 0.257 e. The Bertz CT molecular complexity index is 1150. The molecule has 3 aromatic rings. The standard InChI is InChI=1S/C25H26N4O3S/c1-16(30)26-20-12-10-17(11-13-20)22-15-33-25(28-22)29-24(32)19-8-5-9-21(14-19)27-23(31)18-6-3-2-4-7-18/h5,8-15,18H,2-4,6-7H2,1H3,(H,26,30)(H,27,31)(H,28,29,32). The van der Waals surface area contributed by atoms with Gasteiger partial charge in [-0.3, -0.25) is 19.7 Å². The third-order valence-corrected chi connectivity index (χ3v) is 6.35. The predicted molar refractivity (Wildman–Crippen MR) is 131 cm³/mol. The van der Waals surface area contributed by atoms with Gasteiger partial charge in [0.05, 0.1) is 5.69 Å². The maximum absolute atomic E-state index is 12.7. The molecular formula is C25H26N4O3S. The van der Waals surface area contributed by atoms with Crippen molar-refractivity contribution in [2.45, 2.75) is 39.0 Å². The van der Waals surface area contributed by atoms with Crippen molar-refractivity contribution in [2.75, 3.05) is 16.0 Å². The largest absolute Gasteiger partial charge is 0.326 e. The van der Waals surface area contributed by atoms with Crippen LogP contribution in [0.3, 0.4) is 0 Å². The highest BCUT2D eigenvalue weighted by Gasteiger charge is 2.21. The van der Waals surface area contributed by atoms with E-state index < -0.39 is 0 Å². The fourth-order valence-corrected chi connectivity index (χ4v) is 4.62. The zero-order valence-corrected chi connectivity index (χ0v) is 19.2. The summed E-state index contributed by atoms with van der Waals surface area (Å²) in [6, 6.07) is 14.3. The monoisotopic (exact) mass is 462 g/mol. The van der Waals surface area contributed by atoms with Gasteiger partial charge in [-0.15, -0.1) is 11.3 Å². The molecule has 0 saturated heterocycles. The van der Waals surface area contributed by atoms with Crippen LogP contribution in [0, 0.1) is 5.92 Å². The van der Waals surface area contributed by atoms with Gasteiger partial charge in [-0.2, -0.15) is 0 Å². The second-order valence-corrected chi connectivity index (χ2v) is 9.01. The normalized spacial score (nSPS) is 13.8. The van der Waals surface area contributed by atoms with E-state index in [4.69, 9.17) is 0 Å². The molecule has 1 aliphatic rings. The molecule has 7 nitrogen and oxygen atoms in total. The van der Waals surface area contributed by atoms with Crippen LogP contribution in [0.15, 0.2) is 53.9 Å². The minimum absolute atomic E-state index is 0.0290. The molecule has 170 valence electrons. The third-order valence-electron chi connectivity index (χ3n) is 5.59.